The SMILES string of the molecule is O=C1Nc2ccccc2N=C(c2ccccc2)C1F. The van der Waals surface area contributed by atoms with Gasteiger partial charge in [0.1, 0.15) is 0 Å². The molecule has 0 aliphatic carbocycles. The zero-order valence-electron chi connectivity index (χ0n) is 10.0. The van der Waals surface area contributed by atoms with Crippen molar-refractivity contribution in [3.8, 4) is 0 Å². The van der Waals surface area contributed by atoms with Crippen molar-refractivity contribution in [2.24, 2.45) is 4.99 Å². The molecule has 0 radical (unpaired) electrons. The number of rotatable bonds is 1. The van der Waals surface area contributed by atoms with Crippen LogP contribution in [0.2, 0.25) is 0 Å². The second-order valence-electron chi connectivity index (χ2n) is 4.23. The number of hydrogen-bond acceptors (Lipinski definition) is 2. The van der Waals surface area contributed by atoms with Gasteiger partial charge in [-0.1, -0.05) is 42.5 Å². The maximum Gasteiger partial charge on any atom is 0.265 e. The molecule has 0 aromatic heterocycles. The Balaban J connectivity index is 2.16. The molecule has 94 valence electrons. The van der Waals surface area contributed by atoms with Crippen LogP contribution in [0, 0.1) is 0 Å². The fourth-order valence-electron chi connectivity index (χ4n) is 2.00. The molecule has 1 N–H and O–H groups in total. The number of para-hydroxylation sites is 2. The number of aliphatic imine (C=N–C) groups is 1. The molecule has 1 aliphatic heterocycles. The van der Waals surface area contributed by atoms with Gasteiger partial charge in [-0.25, -0.2) is 9.38 Å². The number of nitrogens with zero attached hydrogens (tertiary/aromatic N) is 1. The average molecular weight is 254 g/mol. The molecule has 2 aromatic rings. The smallest absolute Gasteiger partial charge is 0.265 e. The Morgan fingerprint density at radius 2 is 1.68 bits per heavy atom. The monoisotopic (exact) mass is 254 g/mol. The molecule has 1 unspecified atom stereocenters. The number of hydrogen-bond donors (Lipinski definition) is 1. The van der Waals surface area contributed by atoms with Crippen LogP contribution in [0.15, 0.2) is 59.6 Å². The van der Waals surface area contributed by atoms with Gasteiger partial charge in [0.2, 0.25) is 6.17 Å². The van der Waals surface area contributed by atoms with Crippen molar-refractivity contribution >= 4 is 23.0 Å². The molecule has 19 heavy (non-hydrogen) atoms. The van der Waals surface area contributed by atoms with Crippen molar-refractivity contribution in [1.29, 1.82) is 0 Å². The molecule has 1 aliphatic rings. The molecule has 2 aromatic carbocycles. The lowest BCUT2D eigenvalue weighted by atomic mass is 10.1. The van der Waals surface area contributed by atoms with Gasteiger partial charge in [-0.15, -0.1) is 0 Å². The van der Waals surface area contributed by atoms with Gasteiger partial charge in [0.05, 0.1) is 17.1 Å². The first-order valence-corrected chi connectivity index (χ1v) is 5.93. The van der Waals surface area contributed by atoms with Crippen molar-refractivity contribution in [3.05, 3.63) is 60.2 Å². The van der Waals surface area contributed by atoms with Crippen LogP contribution in [0.1, 0.15) is 5.56 Å². The van der Waals surface area contributed by atoms with E-state index in [9.17, 15) is 9.18 Å². The highest BCUT2D eigenvalue weighted by molar-refractivity contribution is 6.21. The molecule has 1 atom stereocenters. The first kappa shape index (κ1) is 11.6. The predicted octanol–water partition coefficient (Wildman–Crippen LogP) is 3.10. The van der Waals surface area contributed by atoms with Gasteiger partial charge in [0, 0.05) is 0 Å². The van der Waals surface area contributed by atoms with E-state index >= 15 is 0 Å². The number of carbonyl (C=O) groups excluding carboxylic acids is 1. The number of alkyl halides is 1. The van der Waals surface area contributed by atoms with E-state index in [1.54, 1.807) is 48.5 Å². The van der Waals surface area contributed by atoms with E-state index in [-0.39, 0.29) is 5.71 Å². The summed E-state index contributed by atoms with van der Waals surface area (Å²) in [4.78, 5) is 16.1. The van der Waals surface area contributed by atoms with Crippen LogP contribution < -0.4 is 5.32 Å². The van der Waals surface area contributed by atoms with Crippen LogP contribution >= 0.6 is 0 Å². The van der Waals surface area contributed by atoms with Crippen LogP contribution in [-0.2, 0) is 4.79 Å². The number of fused-ring (bicyclic) bond motifs is 1. The molecule has 1 heterocycles. The highest BCUT2D eigenvalue weighted by Gasteiger charge is 2.28. The lowest BCUT2D eigenvalue weighted by molar-refractivity contribution is -0.118. The molecule has 0 saturated heterocycles. The number of benzene rings is 2. The van der Waals surface area contributed by atoms with Gasteiger partial charge in [-0.3, -0.25) is 4.79 Å². The summed E-state index contributed by atoms with van der Waals surface area (Å²) in [6, 6.07) is 15.9. The minimum Gasteiger partial charge on any atom is -0.321 e. The molecule has 0 fully saturated rings. The van der Waals surface area contributed by atoms with E-state index in [1.807, 2.05) is 6.07 Å². The van der Waals surface area contributed by atoms with Crippen LogP contribution in [0.5, 0.6) is 0 Å². The Hall–Kier alpha value is -2.49. The topological polar surface area (TPSA) is 41.5 Å². The zero-order valence-corrected chi connectivity index (χ0v) is 10.0. The van der Waals surface area contributed by atoms with Crippen molar-refractivity contribution in [1.82, 2.24) is 0 Å². The van der Waals surface area contributed by atoms with Gasteiger partial charge >= 0.3 is 0 Å². The Bertz CT molecular complexity index is 652. The maximum atomic E-state index is 14.2. The summed E-state index contributed by atoms with van der Waals surface area (Å²) in [6.07, 6.45) is -1.77. The maximum absolute atomic E-state index is 14.2. The lowest BCUT2D eigenvalue weighted by Crippen LogP contribution is -2.30. The summed E-state index contributed by atoms with van der Waals surface area (Å²) in [5.74, 6) is -0.687. The summed E-state index contributed by atoms with van der Waals surface area (Å²) < 4.78 is 14.2. The Kier molecular flexibility index (Phi) is 2.83. The average Bonchev–Trinajstić information content (AvgIpc) is 2.58. The first-order valence-electron chi connectivity index (χ1n) is 5.93. The second kappa shape index (κ2) is 4.65. The fourth-order valence-corrected chi connectivity index (χ4v) is 2.00. The quantitative estimate of drug-likeness (QED) is 0.834. The standard InChI is InChI=1S/C15H11FN2O/c16-13-14(10-6-2-1-3-7-10)17-11-8-4-5-9-12(11)18-15(13)19/h1-9,13H,(H,18,19). The predicted molar refractivity (Wildman–Crippen MR) is 72.6 cm³/mol. The third-order valence-electron chi connectivity index (χ3n) is 2.94. The summed E-state index contributed by atoms with van der Waals surface area (Å²) >= 11 is 0. The Labute approximate surface area is 109 Å². The van der Waals surface area contributed by atoms with Crippen LogP contribution in [0.4, 0.5) is 15.8 Å². The van der Waals surface area contributed by atoms with E-state index < -0.39 is 12.1 Å². The van der Waals surface area contributed by atoms with Crippen molar-refractivity contribution < 1.29 is 9.18 Å². The van der Waals surface area contributed by atoms with Gasteiger partial charge in [0.25, 0.3) is 5.91 Å². The van der Waals surface area contributed by atoms with E-state index in [4.69, 9.17) is 0 Å². The molecular formula is C15H11FN2O. The number of nitrogens with one attached hydrogen (secondary N) is 1. The third-order valence-corrected chi connectivity index (χ3v) is 2.94. The molecule has 0 spiro atoms. The highest BCUT2D eigenvalue weighted by Crippen LogP contribution is 2.29. The normalized spacial score (nSPS) is 18.1. The van der Waals surface area contributed by atoms with E-state index in [0.717, 1.165) is 0 Å². The van der Waals surface area contributed by atoms with Crippen LogP contribution in [0.25, 0.3) is 0 Å². The van der Waals surface area contributed by atoms with Crippen LogP contribution in [-0.4, -0.2) is 17.8 Å². The molecule has 0 saturated carbocycles. The highest BCUT2D eigenvalue weighted by atomic mass is 19.1. The molecule has 4 heteroatoms. The largest absolute Gasteiger partial charge is 0.321 e. The van der Waals surface area contributed by atoms with Crippen molar-refractivity contribution in [3.63, 3.8) is 0 Å². The van der Waals surface area contributed by atoms with E-state index in [1.165, 1.54) is 0 Å². The summed E-state index contributed by atoms with van der Waals surface area (Å²) in [5, 5.41) is 2.54. The summed E-state index contributed by atoms with van der Waals surface area (Å²) in [7, 11) is 0. The van der Waals surface area contributed by atoms with Gasteiger partial charge in [0.15, 0.2) is 0 Å². The molecule has 0 bridgehead atoms. The zero-order chi connectivity index (χ0) is 13.2. The van der Waals surface area contributed by atoms with Crippen molar-refractivity contribution in [2.45, 2.75) is 6.17 Å². The Morgan fingerprint density at radius 3 is 2.47 bits per heavy atom. The second-order valence-corrected chi connectivity index (χ2v) is 4.23. The number of carbonyl (C=O) groups is 1. The number of amides is 1. The van der Waals surface area contributed by atoms with Gasteiger partial charge in [-0.2, -0.15) is 0 Å². The van der Waals surface area contributed by atoms with E-state index in [0.29, 0.717) is 16.9 Å². The summed E-state index contributed by atoms with van der Waals surface area (Å²) in [6.45, 7) is 0. The van der Waals surface area contributed by atoms with Gasteiger partial charge < -0.3 is 5.32 Å². The molecule has 3 nitrogen and oxygen atoms in total. The fraction of sp³-hybridized carbons (Fsp3) is 0.0667. The first-order chi connectivity index (χ1) is 9.25. The molecular weight excluding hydrogens is 243 g/mol. The minimum atomic E-state index is -1.77. The van der Waals surface area contributed by atoms with E-state index in [2.05, 4.69) is 10.3 Å². The van der Waals surface area contributed by atoms with Crippen LogP contribution in [0.3, 0.4) is 0 Å². The lowest BCUT2D eigenvalue weighted by Gasteiger charge is -2.08. The summed E-state index contributed by atoms with van der Waals surface area (Å²) in [5.41, 5.74) is 1.85. The number of halogens is 1. The third kappa shape index (κ3) is 2.12. The minimum absolute atomic E-state index is 0.142. The Morgan fingerprint density at radius 1 is 1.00 bits per heavy atom. The molecule has 1 amide bonds. The number of anilines is 1. The van der Waals surface area contributed by atoms with Crippen molar-refractivity contribution in [2.75, 3.05) is 5.32 Å². The molecule has 3 rings (SSSR count). The van der Waals surface area contributed by atoms with Gasteiger partial charge in [-0.05, 0) is 17.7 Å².